The minimum atomic E-state index is -1.09. The van der Waals surface area contributed by atoms with E-state index in [1.165, 1.54) is 11.0 Å². The maximum atomic E-state index is 12.4. The van der Waals surface area contributed by atoms with E-state index < -0.39 is 17.9 Å². The number of hydrogen-bond acceptors (Lipinski definition) is 4. The molecule has 0 aromatic heterocycles. The standard InChI is InChI=1S/C13H15NO5/c1-8-9(3-2-4-11(8)15)12(16)14-5-6-19-7-10(14)13(17)18/h2-4,10,15H,5-7H2,1H3,(H,17,18). The molecule has 1 saturated heterocycles. The third-order valence-electron chi connectivity index (χ3n) is 3.21. The van der Waals surface area contributed by atoms with E-state index in [1.54, 1.807) is 19.1 Å². The molecule has 1 aliphatic rings. The molecular weight excluding hydrogens is 250 g/mol. The molecule has 1 unspecified atom stereocenters. The van der Waals surface area contributed by atoms with Gasteiger partial charge in [-0.2, -0.15) is 0 Å². The molecular formula is C13H15NO5. The highest BCUT2D eigenvalue weighted by molar-refractivity contribution is 5.98. The largest absolute Gasteiger partial charge is 0.508 e. The molecule has 6 heteroatoms. The van der Waals surface area contributed by atoms with Crippen molar-refractivity contribution in [2.75, 3.05) is 19.8 Å². The zero-order chi connectivity index (χ0) is 14.0. The van der Waals surface area contributed by atoms with Gasteiger partial charge in [-0.05, 0) is 19.1 Å². The van der Waals surface area contributed by atoms with Crippen molar-refractivity contribution in [3.63, 3.8) is 0 Å². The second kappa shape index (κ2) is 5.27. The Hall–Kier alpha value is -2.08. The predicted molar refractivity (Wildman–Crippen MR) is 66.1 cm³/mol. The van der Waals surface area contributed by atoms with E-state index >= 15 is 0 Å². The van der Waals surface area contributed by atoms with E-state index in [1.807, 2.05) is 0 Å². The highest BCUT2D eigenvalue weighted by atomic mass is 16.5. The van der Waals surface area contributed by atoms with Crippen molar-refractivity contribution >= 4 is 11.9 Å². The lowest BCUT2D eigenvalue weighted by Gasteiger charge is -2.33. The average Bonchev–Trinajstić information content (AvgIpc) is 2.41. The molecule has 0 bridgehead atoms. The molecule has 19 heavy (non-hydrogen) atoms. The van der Waals surface area contributed by atoms with Crippen LogP contribution in [-0.4, -0.2) is 52.8 Å². The molecule has 6 nitrogen and oxygen atoms in total. The van der Waals surface area contributed by atoms with Gasteiger partial charge in [-0.25, -0.2) is 4.79 Å². The molecule has 1 atom stereocenters. The number of hydrogen-bond donors (Lipinski definition) is 2. The highest BCUT2D eigenvalue weighted by Gasteiger charge is 2.33. The van der Waals surface area contributed by atoms with Crippen LogP contribution in [0.25, 0.3) is 0 Å². The van der Waals surface area contributed by atoms with Crippen LogP contribution in [0.5, 0.6) is 5.75 Å². The number of amides is 1. The van der Waals surface area contributed by atoms with E-state index in [-0.39, 0.29) is 18.9 Å². The monoisotopic (exact) mass is 265 g/mol. The quantitative estimate of drug-likeness (QED) is 0.818. The van der Waals surface area contributed by atoms with E-state index in [4.69, 9.17) is 9.84 Å². The van der Waals surface area contributed by atoms with Crippen molar-refractivity contribution in [1.82, 2.24) is 4.90 Å². The maximum absolute atomic E-state index is 12.4. The summed E-state index contributed by atoms with van der Waals surface area (Å²) in [5.41, 5.74) is 0.760. The first-order valence-electron chi connectivity index (χ1n) is 5.92. The van der Waals surface area contributed by atoms with Gasteiger partial charge in [0.15, 0.2) is 6.04 Å². The predicted octanol–water partition coefficient (Wildman–Crippen LogP) is 0.626. The van der Waals surface area contributed by atoms with Crippen molar-refractivity contribution < 1.29 is 24.5 Å². The summed E-state index contributed by atoms with van der Waals surface area (Å²) in [4.78, 5) is 24.8. The summed E-state index contributed by atoms with van der Waals surface area (Å²) in [5.74, 6) is -1.47. The van der Waals surface area contributed by atoms with Gasteiger partial charge in [0.1, 0.15) is 5.75 Å². The fourth-order valence-electron chi connectivity index (χ4n) is 2.06. The molecule has 1 aromatic carbocycles. The summed E-state index contributed by atoms with van der Waals surface area (Å²) in [6.07, 6.45) is 0. The Labute approximate surface area is 110 Å². The third-order valence-corrected chi connectivity index (χ3v) is 3.21. The number of carboxylic acids is 1. The molecule has 0 saturated carbocycles. The van der Waals surface area contributed by atoms with Crippen molar-refractivity contribution in [2.24, 2.45) is 0 Å². The number of ether oxygens (including phenoxy) is 1. The molecule has 1 heterocycles. The van der Waals surface area contributed by atoms with Crippen LogP contribution in [-0.2, 0) is 9.53 Å². The maximum Gasteiger partial charge on any atom is 0.328 e. The Morgan fingerprint density at radius 3 is 2.84 bits per heavy atom. The van der Waals surface area contributed by atoms with Crippen LogP contribution in [0.2, 0.25) is 0 Å². The van der Waals surface area contributed by atoms with Gasteiger partial charge in [0, 0.05) is 17.7 Å². The summed E-state index contributed by atoms with van der Waals surface area (Å²) in [6.45, 7) is 2.15. The highest BCUT2D eigenvalue weighted by Crippen LogP contribution is 2.22. The van der Waals surface area contributed by atoms with Crippen LogP contribution in [0, 0.1) is 6.92 Å². The Morgan fingerprint density at radius 2 is 2.16 bits per heavy atom. The van der Waals surface area contributed by atoms with Crippen molar-refractivity contribution in [3.05, 3.63) is 29.3 Å². The van der Waals surface area contributed by atoms with Gasteiger partial charge in [0.25, 0.3) is 5.91 Å². The van der Waals surface area contributed by atoms with E-state index in [9.17, 15) is 14.7 Å². The number of phenols is 1. The number of phenolic OH excluding ortho intramolecular Hbond substituents is 1. The Balaban J connectivity index is 2.31. The number of carbonyl (C=O) groups is 2. The zero-order valence-corrected chi connectivity index (χ0v) is 10.5. The second-order valence-electron chi connectivity index (χ2n) is 4.38. The van der Waals surface area contributed by atoms with Gasteiger partial charge in [-0.1, -0.05) is 6.07 Å². The van der Waals surface area contributed by atoms with Crippen molar-refractivity contribution in [3.8, 4) is 5.75 Å². The van der Waals surface area contributed by atoms with Crippen molar-refractivity contribution in [1.29, 1.82) is 0 Å². The minimum Gasteiger partial charge on any atom is -0.508 e. The van der Waals surface area contributed by atoms with Crippen LogP contribution in [0.15, 0.2) is 18.2 Å². The molecule has 102 valence electrons. The van der Waals surface area contributed by atoms with Gasteiger partial charge in [-0.3, -0.25) is 4.79 Å². The lowest BCUT2D eigenvalue weighted by Crippen LogP contribution is -2.52. The van der Waals surface area contributed by atoms with Crippen LogP contribution < -0.4 is 0 Å². The zero-order valence-electron chi connectivity index (χ0n) is 10.5. The van der Waals surface area contributed by atoms with Gasteiger partial charge in [0.05, 0.1) is 13.2 Å². The number of morpholine rings is 1. The fraction of sp³-hybridized carbons (Fsp3) is 0.385. The van der Waals surface area contributed by atoms with Gasteiger partial charge >= 0.3 is 5.97 Å². The van der Waals surface area contributed by atoms with Crippen molar-refractivity contribution in [2.45, 2.75) is 13.0 Å². The molecule has 1 aliphatic heterocycles. The molecule has 0 radical (unpaired) electrons. The number of aromatic hydroxyl groups is 1. The lowest BCUT2D eigenvalue weighted by atomic mass is 10.1. The van der Waals surface area contributed by atoms with Gasteiger partial charge < -0.3 is 19.8 Å². The molecule has 0 aliphatic carbocycles. The summed E-state index contributed by atoms with van der Waals surface area (Å²) >= 11 is 0. The van der Waals surface area contributed by atoms with Crippen LogP contribution in [0.4, 0.5) is 0 Å². The first kappa shape index (κ1) is 13.4. The van der Waals surface area contributed by atoms with E-state index in [0.29, 0.717) is 17.7 Å². The molecule has 2 rings (SSSR count). The number of nitrogens with zero attached hydrogens (tertiary/aromatic N) is 1. The van der Waals surface area contributed by atoms with Crippen LogP contribution in [0.3, 0.4) is 0 Å². The Bertz CT molecular complexity index is 514. The molecule has 1 aromatic rings. The fourth-order valence-corrected chi connectivity index (χ4v) is 2.06. The number of aliphatic carboxylic acids is 1. The molecule has 1 amide bonds. The van der Waals surface area contributed by atoms with Crippen LogP contribution in [0.1, 0.15) is 15.9 Å². The first-order valence-corrected chi connectivity index (χ1v) is 5.92. The summed E-state index contributed by atoms with van der Waals surface area (Å²) in [5, 5.41) is 18.7. The number of rotatable bonds is 2. The van der Waals surface area contributed by atoms with Gasteiger partial charge in [0.2, 0.25) is 0 Å². The number of carboxylic acid groups (broad SMARTS) is 1. The summed E-state index contributed by atoms with van der Waals surface area (Å²) in [6, 6.07) is 3.64. The lowest BCUT2D eigenvalue weighted by molar-refractivity contribution is -0.147. The topological polar surface area (TPSA) is 87.1 Å². The molecule has 1 fully saturated rings. The Kier molecular flexibility index (Phi) is 3.71. The third kappa shape index (κ3) is 2.53. The average molecular weight is 265 g/mol. The van der Waals surface area contributed by atoms with Gasteiger partial charge in [-0.15, -0.1) is 0 Å². The minimum absolute atomic E-state index is 0.0149. The summed E-state index contributed by atoms with van der Waals surface area (Å²) in [7, 11) is 0. The Morgan fingerprint density at radius 1 is 1.42 bits per heavy atom. The smallest absolute Gasteiger partial charge is 0.328 e. The molecule has 2 N–H and O–H groups in total. The molecule has 0 spiro atoms. The second-order valence-corrected chi connectivity index (χ2v) is 4.38. The number of benzene rings is 1. The normalized spacial score (nSPS) is 19.2. The summed E-state index contributed by atoms with van der Waals surface area (Å²) < 4.78 is 5.09. The van der Waals surface area contributed by atoms with E-state index in [2.05, 4.69) is 0 Å². The number of carbonyl (C=O) groups excluding carboxylic acids is 1. The van der Waals surface area contributed by atoms with E-state index in [0.717, 1.165) is 0 Å². The first-order chi connectivity index (χ1) is 9.02. The van der Waals surface area contributed by atoms with Crippen LogP contribution >= 0.6 is 0 Å². The SMILES string of the molecule is Cc1c(O)cccc1C(=O)N1CCOCC1C(=O)O.